The lowest BCUT2D eigenvalue weighted by Gasteiger charge is -2.32. The molecule has 0 aliphatic heterocycles. The summed E-state index contributed by atoms with van der Waals surface area (Å²) in [6.45, 7) is 8.10. The summed E-state index contributed by atoms with van der Waals surface area (Å²) in [5.74, 6) is 0.729. The first-order chi connectivity index (χ1) is 13.3. The molecular formula is C24H28N2O2. The van der Waals surface area contributed by atoms with Crippen molar-refractivity contribution in [3.63, 3.8) is 0 Å². The van der Waals surface area contributed by atoms with Crippen molar-refractivity contribution in [2.24, 2.45) is 5.41 Å². The smallest absolute Gasteiger partial charge is 0.228 e. The molecule has 0 aliphatic carbocycles. The molecule has 4 heteroatoms. The van der Waals surface area contributed by atoms with Crippen LogP contribution in [0.3, 0.4) is 0 Å². The van der Waals surface area contributed by atoms with Gasteiger partial charge in [0.05, 0.1) is 6.20 Å². The zero-order valence-corrected chi connectivity index (χ0v) is 17.3. The van der Waals surface area contributed by atoms with Crippen molar-refractivity contribution in [1.29, 1.82) is 0 Å². The second-order valence-corrected chi connectivity index (χ2v) is 8.15. The summed E-state index contributed by atoms with van der Waals surface area (Å²) in [5, 5.41) is 0. The SMILES string of the molecule is CC(C)N(C)C(=O)C(C)(C)Cc1cc(-c2ncco2)ccc1-c1ccccc1. The lowest BCUT2D eigenvalue weighted by Crippen LogP contribution is -2.43. The van der Waals surface area contributed by atoms with Gasteiger partial charge in [-0.05, 0) is 49.1 Å². The molecule has 0 unspecified atom stereocenters. The minimum absolute atomic E-state index is 0.142. The van der Waals surface area contributed by atoms with Crippen molar-refractivity contribution in [1.82, 2.24) is 9.88 Å². The molecule has 146 valence electrons. The minimum Gasteiger partial charge on any atom is -0.445 e. The van der Waals surface area contributed by atoms with E-state index in [4.69, 9.17) is 4.42 Å². The molecular weight excluding hydrogens is 348 g/mol. The highest BCUT2D eigenvalue weighted by Gasteiger charge is 2.32. The van der Waals surface area contributed by atoms with E-state index in [9.17, 15) is 4.79 Å². The van der Waals surface area contributed by atoms with Crippen molar-refractivity contribution < 1.29 is 9.21 Å². The van der Waals surface area contributed by atoms with Crippen LogP contribution in [0.25, 0.3) is 22.6 Å². The second kappa shape index (κ2) is 8.01. The lowest BCUT2D eigenvalue weighted by atomic mass is 9.81. The number of hydrogen-bond acceptors (Lipinski definition) is 3. The molecule has 1 amide bonds. The predicted octanol–water partition coefficient (Wildman–Crippen LogP) is 5.44. The Balaban J connectivity index is 2.03. The number of rotatable bonds is 6. The number of hydrogen-bond donors (Lipinski definition) is 0. The molecule has 0 fully saturated rings. The van der Waals surface area contributed by atoms with Gasteiger partial charge in [0, 0.05) is 24.1 Å². The Morgan fingerprint density at radius 2 is 1.82 bits per heavy atom. The van der Waals surface area contributed by atoms with Crippen LogP contribution in [0, 0.1) is 5.41 Å². The molecule has 0 bridgehead atoms. The third-order valence-electron chi connectivity index (χ3n) is 5.18. The van der Waals surface area contributed by atoms with Gasteiger partial charge in [0.2, 0.25) is 11.8 Å². The van der Waals surface area contributed by atoms with E-state index in [0.29, 0.717) is 12.3 Å². The summed E-state index contributed by atoms with van der Waals surface area (Å²) in [6, 6.07) is 16.6. The third-order valence-corrected chi connectivity index (χ3v) is 5.18. The zero-order chi connectivity index (χ0) is 20.3. The first-order valence-corrected chi connectivity index (χ1v) is 9.65. The summed E-state index contributed by atoms with van der Waals surface area (Å²) < 4.78 is 5.48. The minimum atomic E-state index is -0.530. The van der Waals surface area contributed by atoms with Gasteiger partial charge in [0.25, 0.3) is 0 Å². The summed E-state index contributed by atoms with van der Waals surface area (Å²) >= 11 is 0. The van der Waals surface area contributed by atoms with Gasteiger partial charge in [-0.2, -0.15) is 0 Å². The van der Waals surface area contributed by atoms with Gasteiger partial charge in [0.15, 0.2) is 0 Å². The second-order valence-electron chi connectivity index (χ2n) is 8.15. The molecule has 0 atom stereocenters. The fourth-order valence-corrected chi connectivity index (χ4v) is 3.40. The van der Waals surface area contributed by atoms with E-state index in [1.54, 1.807) is 12.5 Å². The number of oxazole rings is 1. The molecule has 3 rings (SSSR count). The Morgan fingerprint density at radius 3 is 2.43 bits per heavy atom. The number of benzene rings is 2. The Morgan fingerprint density at radius 1 is 1.11 bits per heavy atom. The summed E-state index contributed by atoms with van der Waals surface area (Å²) in [7, 11) is 1.87. The molecule has 0 radical (unpaired) electrons. The highest BCUT2D eigenvalue weighted by Crippen LogP contribution is 2.34. The van der Waals surface area contributed by atoms with Crippen molar-refractivity contribution in [3.8, 4) is 22.6 Å². The van der Waals surface area contributed by atoms with Gasteiger partial charge < -0.3 is 9.32 Å². The number of nitrogens with zero attached hydrogens (tertiary/aromatic N) is 2. The average Bonchev–Trinajstić information content (AvgIpc) is 3.22. The quantitative estimate of drug-likeness (QED) is 0.575. The van der Waals surface area contributed by atoms with Gasteiger partial charge in [0.1, 0.15) is 6.26 Å². The molecule has 0 spiro atoms. The topological polar surface area (TPSA) is 46.3 Å². The van der Waals surface area contributed by atoms with E-state index in [-0.39, 0.29) is 11.9 Å². The highest BCUT2D eigenvalue weighted by molar-refractivity contribution is 5.83. The third kappa shape index (κ3) is 4.16. The van der Waals surface area contributed by atoms with Crippen molar-refractivity contribution in [2.75, 3.05) is 7.05 Å². The predicted molar refractivity (Wildman–Crippen MR) is 113 cm³/mol. The fraction of sp³-hybridized carbons (Fsp3) is 0.333. The van der Waals surface area contributed by atoms with Gasteiger partial charge in [-0.3, -0.25) is 4.79 Å². The molecule has 0 aliphatic rings. The van der Waals surface area contributed by atoms with Gasteiger partial charge in [-0.25, -0.2) is 4.98 Å². The molecule has 2 aromatic carbocycles. The van der Waals surface area contributed by atoms with E-state index in [1.807, 2.05) is 63.9 Å². The molecule has 3 aromatic rings. The molecule has 0 saturated heterocycles. The standard InChI is InChI=1S/C24H28N2O2/c1-17(2)26(5)23(27)24(3,4)16-20-15-19(22-25-13-14-28-22)11-12-21(20)18-9-7-6-8-10-18/h6-15,17H,16H2,1-5H3. The van der Waals surface area contributed by atoms with Gasteiger partial charge in [-0.15, -0.1) is 0 Å². The maximum absolute atomic E-state index is 13.1. The summed E-state index contributed by atoms with van der Waals surface area (Å²) in [4.78, 5) is 19.2. The number of amides is 1. The molecule has 0 N–H and O–H groups in total. The van der Waals surface area contributed by atoms with E-state index < -0.39 is 5.41 Å². The summed E-state index contributed by atoms with van der Waals surface area (Å²) in [5.41, 5.74) is 3.76. The maximum atomic E-state index is 13.1. The number of carbonyl (C=O) groups is 1. The molecule has 28 heavy (non-hydrogen) atoms. The molecule has 1 aromatic heterocycles. The Kier molecular flexibility index (Phi) is 5.68. The molecule has 0 saturated carbocycles. The molecule has 1 heterocycles. The van der Waals surface area contributed by atoms with Crippen molar-refractivity contribution in [2.45, 2.75) is 40.2 Å². The van der Waals surface area contributed by atoms with E-state index in [0.717, 1.165) is 22.3 Å². The van der Waals surface area contributed by atoms with Crippen LogP contribution in [0.15, 0.2) is 65.4 Å². The number of carbonyl (C=O) groups excluding carboxylic acids is 1. The van der Waals surface area contributed by atoms with Crippen LogP contribution in [0.1, 0.15) is 33.3 Å². The Labute approximate surface area is 167 Å². The summed E-state index contributed by atoms with van der Waals surface area (Å²) in [6.07, 6.45) is 3.85. The number of aromatic nitrogens is 1. The van der Waals surface area contributed by atoms with Crippen LogP contribution in [-0.2, 0) is 11.2 Å². The van der Waals surface area contributed by atoms with Crippen molar-refractivity contribution in [3.05, 3.63) is 66.6 Å². The first-order valence-electron chi connectivity index (χ1n) is 9.65. The van der Waals surface area contributed by atoms with Crippen LogP contribution in [0.4, 0.5) is 0 Å². The highest BCUT2D eigenvalue weighted by atomic mass is 16.3. The van der Waals surface area contributed by atoms with Crippen LogP contribution in [-0.4, -0.2) is 28.9 Å². The van der Waals surface area contributed by atoms with Gasteiger partial charge in [-0.1, -0.05) is 50.2 Å². The van der Waals surface area contributed by atoms with E-state index in [2.05, 4.69) is 29.2 Å². The normalized spacial score (nSPS) is 11.6. The lowest BCUT2D eigenvalue weighted by molar-refractivity contribution is -0.140. The van der Waals surface area contributed by atoms with Crippen LogP contribution >= 0.6 is 0 Å². The maximum Gasteiger partial charge on any atom is 0.228 e. The van der Waals surface area contributed by atoms with Crippen LogP contribution in [0.5, 0.6) is 0 Å². The monoisotopic (exact) mass is 376 g/mol. The Bertz CT molecular complexity index is 929. The fourth-order valence-electron chi connectivity index (χ4n) is 3.40. The molecule has 4 nitrogen and oxygen atoms in total. The zero-order valence-electron chi connectivity index (χ0n) is 17.3. The van der Waals surface area contributed by atoms with Crippen LogP contribution in [0.2, 0.25) is 0 Å². The Hall–Kier alpha value is -2.88. The van der Waals surface area contributed by atoms with E-state index >= 15 is 0 Å². The average molecular weight is 377 g/mol. The van der Waals surface area contributed by atoms with E-state index in [1.165, 1.54) is 0 Å². The largest absolute Gasteiger partial charge is 0.445 e. The van der Waals surface area contributed by atoms with Crippen molar-refractivity contribution >= 4 is 5.91 Å². The van der Waals surface area contributed by atoms with Crippen LogP contribution < -0.4 is 0 Å². The van der Waals surface area contributed by atoms with Gasteiger partial charge >= 0.3 is 0 Å². The first kappa shape index (κ1) is 19.9.